The molecular weight excluding hydrogens is 290 g/mol. The Morgan fingerprint density at radius 3 is 1.52 bits per heavy atom. The average Bonchev–Trinajstić information content (AvgIpc) is 2.42. The average molecular weight is 296 g/mol. The lowest BCUT2D eigenvalue weighted by molar-refractivity contribution is -0.387. The minimum Gasteiger partial charge on any atom is -0.443 e. The fourth-order valence-corrected chi connectivity index (χ4v) is 1.56. The zero-order valence-corrected chi connectivity index (χ0v) is 10.2. The normalized spacial score (nSPS) is 10.2. The summed E-state index contributed by atoms with van der Waals surface area (Å²) in [5.41, 5.74) is -1.40. The molecule has 2 aromatic rings. The molecule has 0 saturated heterocycles. The molecule has 0 bridgehead atoms. The van der Waals surface area contributed by atoms with Gasteiger partial charge >= 0.3 is 11.4 Å². The van der Waals surface area contributed by atoms with E-state index in [0.717, 1.165) is 24.3 Å². The molecule has 0 aromatic heterocycles. The van der Waals surface area contributed by atoms with Crippen LogP contribution >= 0.6 is 0 Å². The van der Waals surface area contributed by atoms with Crippen molar-refractivity contribution >= 4 is 11.4 Å². The van der Waals surface area contributed by atoms with E-state index < -0.39 is 44.4 Å². The van der Waals surface area contributed by atoms with Crippen LogP contribution in [-0.2, 0) is 0 Å². The first kappa shape index (κ1) is 14.3. The van der Waals surface area contributed by atoms with Crippen LogP contribution in [-0.4, -0.2) is 9.85 Å². The van der Waals surface area contributed by atoms with Gasteiger partial charge in [0, 0.05) is 0 Å². The molecule has 0 atom stereocenters. The summed E-state index contributed by atoms with van der Waals surface area (Å²) in [5.74, 6) is -2.50. The van der Waals surface area contributed by atoms with Crippen molar-refractivity contribution in [3.05, 3.63) is 68.3 Å². The van der Waals surface area contributed by atoms with E-state index in [1.807, 2.05) is 0 Å². The SMILES string of the molecule is O=[N+]([O-])c1cc(F)ccc1Oc1ccc(F)cc1[N+](=O)[O-]. The first-order chi connectivity index (χ1) is 9.88. The van der Waals surface area contributed by atoms with E-state index >= 15 is 0 Å². The molecule has 0 spiro atoms. The van der Waals surface area contributed by atoms with Crippen LogP contribution in [0.15, 0.2) is 36.4 Å². The van der Waals surface area contributed by atoms with Crippen LogP contribution in [0, 0.1) is 31.9 Å². The van der Waals surface area contributed by atoms with E-state index in [2.05, 4.69) is 0 Å². The Bertz CT molecular complexity index is 674. The number of nitro benzene ring substituents is 2. The van der Waals surface area contributed by atoms with Crippen LogP contribution in [0.5, 0.6) is 11.5 Å². The van der Waals surface area contributed by atoms with Crippen molar-refractivity contribution < 1.29 is 23.4 Å². The Kier molecular flexibility index (Phi) is 3.74. The van der Waals surface area contributed by atoms with Crippen LogP contribution in [0.2, 0.25) is 0 Å². The van der Waals surface area contributed by atoms with Crippen molar-refractivity contribution in [1.82, 2.24) is 0 Å². The van der Waals surface area contributed by atoms with Crippen molar-refractivity contribution in [1.29, 1.82) is 0 Å². The molecule has 0 aliphatic rings. The van der Waals surface area contributed by atoms with E-state index in [0.29, 0.717) is 12.1 Å². The standard InChI is InChI=1S/C12H6F2N2O5/c13-7-1-3-11(9(5-7)15(17)18)21-12-4-2-8(14)6-10(12)16(19)20/h1-6H. The van der Waals surface area contributed by atoms with Gasteiger partial charge in [0.2, 0.25) is 11.5 Å². The first-order valence-corrected chi connectivity index (χ1v) is 5.44. The number of ether oxygens (including phenoxy) is 1. The second-order valence-corrected chi connectivity index (χ2v) is 3.84. The molecule has 2 aromatic carbocycles. The van der Waals surface area contributed by atoms with Crippen LogP contribution in [0.25, 0.3) is 0 Å². The van der Waals surface area contributed by atoms with Gasteiger partial charge in [0.05, 0.1) is 22.0 Å². The number of benzene rings is 2. The molecule has 2 rings (SSSR count). The number of halogens is 2. The lowest BCUT2D eigenvalue weighted by atomic mass is 10.2. The lowest BCUT2D eigenvalue weighted by Gasteiger charge is -2.06. The van der Waals surface area contributed by atoms with Gasteiger partial charge in [-0.15, -0.1) is 0 Å². The molecule has 0 N–H and O–H groups in total. The van der Waals surface area contributed by atoms with E-state index in [-0.39, 0.29) is 0 Å². The Morgan fingerprint density at radius 2 is 1.19 bits per heavy atom. The maximum Gasteiger partial charge on any atom is 0.314 e. The fraction of sp³-hybridized carbons (Fsp3) is 0. The molecule has 0 fully saturated rings. The van der Waals surface area contributed by atoms with Gasteiger partial charge in [0.1, 0.15) is 11.6 Å². The predicted octanol–water partition coefficient (Wildman–Crippen LogP) is 3.57. The zero-order valence-electron chi connectivity index (χ0n) is 10.2. The molecule has 0 amide bonds. The Labute approximate surface area is 115 Å². The Balaban J connectivity index is 2.48. The molecule has 7 nitrogen and oxygen atoms in total. The van der Waals surface area contributed by atoms with Crippen LogP contribution in [0.4, 0.5) is 20.2 Å². The van der Waals surface area contributed by atoms with Gasteiger partial charge in [0.25, 0.3) is 0 Å². The van der Waals surface area contributed by atoms with E-state index in [1.54, 1.807) is 0 Å². The third-order valence-electron chi connectivity index (χ3n) is 2.46. The third-order valence-corrected chi connectivity index (χ3v) is 2.46. The van der Waals surface area contributed by atoms with E-state index in [4.69, 9.17) is 4.74 Å². The summed E-state index contributed by atoms with van der Waals surface area (Å²) in [4.78, 5) is 19.8. The highest BCUT2D eigenvalue weighted by atomic mass is 19.1. The molecule has 108 valence electrons. The number of nitrogens with zero attached hydrogens (tertiary/aromatic N) is 2. The molecule has 0 aliphatic carbocycles. The predicted molar refractivity (Wildman–Crippen MR) is 66.2 cm³/mol. The van der Waals surface area contributed by atoms with Crippen LogP contribution < -0.4 is 4.74 Å². The van der Waals surface area contributed by atoms with Crippen molar-refractivity contribution in [2.24, 2.45) is 0 Å². The van der Waals surface area contributed by atoms with E-state index in [9.17, 15) is 29.0 Å². The topological polar surface area (TPSA) is 95.5 Å². The minimum absolute atomic E-state index is 0.392. The Morgan fingerprint density at radius 1 is 0.810 bits per heavy atom. The minimum atomic E-state index is -0.895. The zero-order chi connectivity index (χ0) is 15.6. The van der Waals surface area contributed by atoms with Crippen LogP contribution in [0.3, 0.4) is 0 Å². The molecule has 9 heteroatoms. The second-order valence-electron chi connectivity index (χ2n) is 3.84. The lowest BCUT2D eigenvalue weighted by Crippen LogP contribution is -1.97. The monoisotopic (exact) mass is 296 g/mol. The summed E-state index contributed by atoms with van der Waals surface area (Å²) in [6.07, 6.45) is 0. The quantitative estimate of drug-likeness (QED) is 0.634. The highest BCUT2D eigenvalue weighted by Crippen LogP contribution is 2.36. The maximum atomic E-state index is 13.0. The maximum absolute atomic E-state index is 13.0. The second kappa shape index (κ2) is 5.49. The number of rotatable bonds is 4. The summed E-state index contributed by atoms with van der Waals surface area (Å²) in [6, 6.07) is 4.95. The molecule has 21 heavy (non-hydrogen) atoms. The summed E-state index contributed by atoms with van der Waals surface area (Å²) in [7, 11) is 0. The Hall–Kier alpha value is -3.10. The molecular formula is C12H6F2N2O5. The summed E-state index contributed by atoms with van der Waals surface area (Å²) in [6.45, 7) is 0. The molecule has 0 heterocycles. The van der Waals surface area contributed by atoms with Gasteiger partial charge in [0.15, 0.2) is 0 Å². The fourth-order valence-electron chi connectivity index (χ4n) is 1.56. The van der Waals surface area contributed by atoms with Crippen molar-refractivity contribution in [2.75, 3.05) is 0 Å². The van der Waals surface area contributed by atoms with Gasteiger partial charge in [-0.3, -0.25) is 20.2 Å². The van der Waals surface area contributed by atoms with Crippen molar-refractivity contribution in [3.63, 3.8) is 0 Å². The smallest absolute Gasteiger partial charge is 0.314 e. The first-order valence-electron chi connectivity index (χ1n) is 5.44. The molecule has 0 unspecified atom stereocenters. The summed E-state index contributed by atoms with van der Waals surface area (Å²) < 4.78 is 31.0. The van der Waals surface area contributed by atoms with E-state index in [1.165, 1.54) is 0 Å². The highest BCUT2D eigenvalue weighted by Gasteiger charge is 2.22. The molecule has 0 radical (unpaired) electrons. The highest BCUT2D eigenvalue weighted by molar-refractivity contribution is 5.53. The molecule has 0 aliphatic heterocycles. The largest absolute Gasteiger partial charge is 0.443 e. The third kappa shape index (κ3) is 3.08. The number of nitro groups is 2. The summed E-state index contributed by atoms with van der Waals surface area (Å²) in [5, 5.41) is 21.6. The van der Waals surface area contributed by atoms with Gasteiger partial charge in [-0.25, -0.2) is 8.78 Å². The number of hydrogen-bond acceptors (Lipinski definition) is 5. The number of hydrogen-bond donors (Lipinski definition) is 0. The van der Waals surface area contributed by atoms with Crippen molar-refractivity contribution in [2.45, 2.75) is 0 Å². The van der Waals surface area contributed by atoms with Gasteiger partial charge < -0.3 is 4.74 Å². The van der Waals surface area contributed by atoms with Gasteiger partial charge in [-0.1, -0.05) is 0 Å². The van der Waals surface area contributed by atoms with Crippen LogP contribution in [0.1, 0.15) is 0 Å². The summed E-state index contributed by atoms with van der Waals surface area (Å²) >= 11 is 0. The molecule has 0 saturated carbocycles. The van der Waals surface area contributed by atoms with Gasteiger partial charge in [-0.2, -0.15) is 0 Å². The van der Waals surface area contributed by atoms with Gasteiger partial charge in [-0.05, 0) is 24.3 Å². The van der Waals surface area contributed by atoms with Crippen molar-refractivity contribution in [3.8, 4) is 11.5 Å².